The third-order valence-corrected chi connectivity index (χ3v) is 7.63. The summed E-state index contributed by atoms with van der Waals surface area (Å²) < 4.78 is 29.6. The average Bonchev–Trinajstić information content (AvgIpc) is 3.34. The predicted octanol–water partition coefficient (Wildman–Crippen LogP) is 4.84. The number of aromatic nitrogens is 1. The van der Waals surface area contributed by atoms with Gasteiger partial charge < -0.3 is 9.67 Å². The minimum absolute atomic E-state index is 0.0185. The molecule has 0 radical (unpaired) electrons. The summed E-state index contributed by atoms with van der Waals surface area (Å²) in [4.78, 5) is 0. The van der Waals surface area contributed by atoms with Crippen molar-refractivity contribution in [3.05, 3.63) is 78.2 Å². The van der Waals surface area contributed by atoms with Crippen molar-refractivity contribution in [1.29, 1.82) is 0 Å². The van der Waals surface area contributed by atoms with Crippen LogP contribution in [0, 0.1) is 0 Å². The summed E-state index contributed by atoms with van der Waals surface area (Å²) in [5, 5.41) is 16.2. The molecule has 1 atom stereocenters. The molecule has 0 aliphatic heterocycles. The first-order chi connectivity index (χ1) is 14.9. The van der Waals surface area contributed by atoms with Crippen LogP contribution in [0.3, 0.4) is 0 Å². The van der Waals surface area contributed by atoms with Gasteiger partial charge in [-0.15, -0.1) is 11.3 Å². The van der Waals surface area contributed by atoms with E-state index in [1.165, 1.54) is 10.6 Å². The minimum atomic E-state index is -3.56. The van der Waals surface area contributed by atoms with E-state index in [1.807, 2.05) is 60.0 Å². The summed E-state index contributed by atoms with van der Waals surface area (Å²) in [6.45, 7) is 0.274. The van der Waals surface area contributed by atoms with Gasteiger partial charge in [-0.25, -0.2) is 8.42 Å². The fourth-order valence-corrected chi connectivity index (χ4v) is 5.91. The van der Waals surface area contributed by atoms with Crippen LogP contribution in [0.4, 0.5) is 5.69 Å². The van der Waals surface area contributed by atoms with E-state index < -0.39 is 16.1 Å². The molecule has 0 aliphatic carbocycles. The predicted molar refractivity (Wildman–Crippen MR) is 129 cm³/mol. The Morgan fingerprint density at radius 1 is 0.968 bits per heavy atom. The molecule has 0 saturated heterocycles. The van der Waals surface area contributed by atoms with Crippen LogP contribution in [0.25, 0.3) is 31.9 Å². The Balaban J connectivity index is 1.50. The van der Waals surface area contributed by atoms with Gasteiger partial charge in [0.25, 0.3) is 0 Å². The maximum absolute atomic E-state index is 12.6. The highest BCUT2D eigenvalue weighted by atomic mass is 32.2. The summed E-state index contributed by atoms with van der Waals surface area (Å²) in [5.74, 6) is 0. The maximum atomic E-state index is 12.6. The van der Waals surface area contributed by atoms with Gasteiger partial charge in [0, 0.05) is 26.5 Å². The lowest BCUT2D eigenvalue weighted by Crippen LogP contribution is -2.38. The number of hydrogen-bond donors (Lipinski definition) is 1. The zero-order valence-corrected chi connectivity index (χ0v) is 18.6. The largest absolute Gasteiger partial charge is 0.389 e. The van der Waals surface area contributed by atoms with Crippen LogP contribution in [0.15, 0.2) is 78.2 Å². The van der Waals surface area contributed by atoms with Crippen LogP contribution in [-0.2, 0) is 16.6 Å². The number of benzene rings is 3. The van der Waals surface area contributed by atoms with Gasteiger partial charge in [-0.2, -0.15) is 0 Å². The number of hydrogen-bond acceptors (Lipinski definition) is 4. The number of nitrogens with zero attached hydrogens (tertiary/aromatic N) is 2. The average molecular weight is 451 g/mol. The van der Waals surface area contributed by atoms with Gasteiger partial charge in [0.05, 0.1) is 31.1 Å². The first-order valence-electron chi connectivity index (χ1n) is 10.0. The molecule has 2 aromatic heterocycles. The topological polar surface area (TPSA) is 62.5 Å². The number of sulfonamides is 1. The van der Waals surface area contributed by atoms with Gasteiger partial charge in [-0.1, -0.05) is 36.4 Å². The van der Waals surface area contributed by atoms with Gasteiger partial charge in [0.15, 0.2) is 0 Å². The number of aliphatic hydroxyl groups excluding tert-OH is 1. The number of aliphatic hydroxyl groups is 1. The second kappa shape index (κ2) is 7.67. The van der Waals surface area contributed by atoms with Crippen molar-refractivity contribution in [2.75, 3.05) is 17.1 Å². The molecular formula is C24H22N2O3S2. The highest BCUT2D eigenvalue weighted by Gasteiger charge is 2.23. The normalized spacial score (nSPS) is 13.2. The molecule has 3 aromatic carbocycles. The molecule has 2 heterocycles. The lowest BCUT2D eigenvalue weighted by atomic mass is 10.2. The van der Waals surface area contributed by atoms with E-state index in [4.69, 9.17) is 0 Å². The molecule has 0 amide bonds. The third-order valence-electron chi connectivity index (χ3n) is 5.57. The molecule has 5 nitrogen and oxygen atoms in total. The number of thiophene rings is 1. The zero-order chi connectivity index (χ0) is 21.6. The molecule has 0 saturated carbocycles. The molecule has 1 N–H and O–H groups in total. The van der Waals surface area contributed by atoms with Crippen LogP contribution in [0.1, 0.15) is 0 Å². The van der Waals surface area contributed by atoms with E-state index in [9.17, 15) is 13.5 Å². The molecule has 0 fully saturated rings. The second-order valence-corrected chi connectivity index (χ2v) is 10.6. The Hall–Kier alpha value is -2.87. The first-order valence-corrected chi connectivity index (χ1v) is 12.7. The summed E-state index contributed by atoms with van der Waals surface area (Å²) in [7, 11) is -3.56. The van der Waals surface area contributed by atoms with Gasteiger partial charge in [-0.05, 0) is 47.2 Å². The van der Waals surface area contributed by atoms with E-state index in [2.05, 4.69) is 16.7 Å². The molecule has 0 spiro atoms. The number of rotatable bonds is 6. The first kappa shape index (κ1) is 20.1. The lowest BCUT2D eigenvalue weighted by molar-refractivity contribution is 0.166. The van der Waals surface area contributed by atoms with Gasteiger partial charge in [0.1, 0.15) is 0 Å². The van der Waals surface area contributed by atoms with Crippen molar-refractivity contribution >= 4 is 58.9 Å². The van der Waals surface area contributed by atoms with Crippen molar-refractivity contribution in [3.63, 3.8) is 0 Å². The number of para-hydroxylation sites is 2. The highest BCUT2D eigenvalue weighted by Crippen LogP contribution is 2.30. The monoisotopic (exact) mass is 450 g/mol. The summed E-state index contributed by atoms with van der Waals surface area (Å²) >= 11 is 1.61. The van der Waals surface area contributed by atoms with Crippen molar-refractivity contribution in [2.24, 2.45) is 0 Å². The third kappa shape index (κ3) is 3.69. The SMILES string of the molecule is CS(=O)(=O)N(CC(O)Cn1c2ccccc2c2ccccc21)c1ccc2sccc2c1. The Morgan fingerprint density at radius 3 is 2.26 bits per heavy atom. The zero-order valence-electron chi connectivity index (χ0n) is 17.0. The second-order valence-electron chi connectivity index (χ2n) is 7.74. The smallest absolute Gasteiger partial charge is 0.232 e. The van der Waals surface area contributed by atoms with Gasteiger partial charge in [-0.3, -0.25) is 4.31 Å². The van der Waals surface area contributed by atoms with E-state index in [0.29, 0.717) is 12.2 Å². The van der Waals surface area contributed by atoms with Crippen molar-refractivity contribution in [3.8, 4) is 0 Å². The van der Waals surface area contributed by atoms with Crippen LogP contribution < -0.4 is 4.31 Å². The van der Waals surface area contributed by atoms with Crippen LogP contribution in [-0.4, -0.2) is 37.0 Å². The molecule has 31 heavy (non-hydrogen) atoms. The fourth-order valence-electron chi connectivity index (χ4n) is 4.20. The Morgan fingerprint density at radius 2 is 1.61 bits per heavy atom. The molecule has 5 aromatic rings. The molecule has 0 bridgehead atoms. The van der Waals surface area contributed by atoms with E-state index in [1.54, 1.807) is 17.4 Å². The molecule has 158 valence electrons. The summed E-state index contributed by atoms with van der Waals surface area (Å²) in [5.41, 5.74) is 2.61. The number of anilines is 1. The number of fused-ring (bicyclic) bond motifs is 4. The molecule has 5 rings (SSSR count). The summed E-state index contributed by atoms with van der Waals surface area (Å²) in [6, 6.07) is 23.7. The van der Waals surface area contributed by atoms with Gasteiger partial charge in [0.2, 0.25) is 10.0 Å². The van der Waals surface area contributed by atoms with E-state index in [-0.39, 0.29) is 6.54 Å². The van der Waals surface area contributed by atoms with Crippen molar-refractivity contribution < 1.29 is 13.5 Å². The summed E-state index contributed by atoms with van der Waals surface area (Å²) in [6.07, 6.45) is 0.296. The van der Waals surface area contributed by atoms with E-state index in [0.717, 1.165) is 31.9 Å². The molecule has 0 aliphatic rings. The Kier molecular flexibility index (Phi) is 4.97. The van der Waals surface area contributed by atoms with Crippen LogP contribution in [0.2, 0.25) is 0 Å². The lowest BCUT2D eigenvalue weighted by Gasteiger charge is -2.26. The van der Waals surface area contributed by atoms with Crippen molar-refractivity contribution in [1.82, 2.24) is 4.57 Å². The maximum Gasteiger partial charge on any atom is 0.232 e. The Bertz CT molecular complexity index is 1450. The van der Waals surface area contributed by atoms with Crippen molar-refractivity contribution in [2.45, 2.75) is 12.6 Å². The van der Waals surface area contributed by atoms with E-state index >= 15 is 0 Å². The standard InChI is InChI=1S/C24H22N2O3S2/c1-31(28,29)26(18-10-11-24-17(14-18)12-13-30-24)16-19(27)15-25-22-8-4-2-6-20(22)21-7-3-5-9-23(21)25/h2-14,19,27H,15-16H2,1H3. The Labute approximate surface area is 184 Å². The molecular weight excluding hydrogens is 428 g/mol. The molecule has 1 unspecified atom stereocenters. The fraction of sp³-hybridized carbons (Fsp3) is 0.167. The highest BCUT2D eigenvalue weighted by molar-refractivity contribution is 7.92. The minimum Gasteiger partial charge on any atom is -0.389 e. The van der Waals surface area contributed by atoms with Gasteiger partial charge >= 0.3 is 0 Å². The van der Waals surface area contributed by atoms with Crippen LogP contribution >= 0.6 is 11.3 Å². The van der Waals surface area contributed by atoms with Crippen LogP contribution in [0.5, 0.6) is 0 Å². The molecule has 7 heteroatoms. The quantitative estimate of drug-likeness (QED) is 0.403.